The highest BCUT2D eigenvalue weighted by Gasteiger charge is 2.17. The van der Waals surface area contributed by atoms with E-state index in [1.807, 2.05) is 0 Å². The van der Waals surface area contributed by atoms with Crippen molar-refractivity contribution in [2.45, 2.75) is 31.4 Å². The van der Waals surface area contributed by atoms with Crippen molar-refractivity contribution in [3.63, 3.8) is 0 Å². The molecule has 2 heterocycles. The molecule has 3 amide bonds. The Morgan fingerprint density at radius 2 is 1.85 bits per heavy atom. The highest BCUT2D eigenvalue weighted by molar-refractivity contribution is 5.92. The largest absolute Gasteiger partial charge is 0.378 e. The summed E-state index contributed by atoms with van der Waals surface area (Å²) in [6, 6.07) is 6.82. The molecule has 27 heavy (non-hydrogen) atoms. The van der Waals surface area contributed by atoms with Gasteiger partial charge in [0.15, 0.2) is 0 Å². The molecule has 2 unspecified atom stereocenters. The molecule has 0 aliphatic carbocycles. The van der Waals surface area contributed by atoms with E-state index < -0.39 is 0 Å². The fraction of sp³-hybridized carbons (Fsp3) is 0.556. The summed E-state index contributed by atoms with van der Waals surface area (Å²) in [6.07, 6.45) is 2.51. The van der Waals surface area contributed by atoms with Crippen molar-refractivity contribution in [1.82, 2.24) is 10.6 Å². The van der Waals surface area contributed by atoms with Crippen LogP contribution in [0.3, 0.4) is 0 Å². The van der Waals surface area contributed by atoms with Gasteiger partial charge in [-0.2, -0.15) is 0 Å². The summed E-state index contributed by atoms with van der Waals surface area (Å²) in [7, 11) is 0. The van der Waals surface area contributed by atoms with E-state index in [9.17, 15) is 9.59 Å². The summed E-state index contributed by atoms with van der Waals surface area (Å²) in [6.45, 7) is 3.29. The van der Waals surface area contributed by atoms with Gasteiger partial charge >= 0.3 is 6.03 Å². The minimum absolute atomic E-state index is 0. The molecule has 2 aliphatic heterocycles. The van der Waals surface area contributed by atoms with E-state index in [-0.39, 0.29) is 36.5 Å². The van der Waals surface area contributed by atoms with Crippen molar-refractivity contribution < 1.29 is 19.1 Å². The van der Waals surface area contributed by atoms with Gasteiger partial charge in [0.2, 0.25) is 5.91 Å². The fourth-order valence-corrected chi connectivity index (χ4v) is 3.01. The number of carbonyl (C=O) groups is 2. The third kappa shape index (κ3) is 7.34. The number of rotatable bonds is 6. The summed E-state index contributed by atoms with van der Waals surface area (Å²) in [5.41, 5.74) is 1.35. The maximum absolute atomic E-state index is 12.1. The van der Waals surface area contributed by atoms with Gasteiger partial charge in [-0.3, -0.25) is 4.79 Å². The van der Waals surface area contributed by atoms with Crippen LogP contribution in [0.4, 0.5) is 16.2 Å². The monoisotopic (exact) mass is 398 g/mol. The van der Waals surface area contributed by atoms with Gasteiger partial charge in [-0.15, -0.1) is 12.4 Å². The van der Waals surface area contributed by atoms with Crippen molar-refractivity contribution in [2.24, 2.45) is 0 Å². The van der Waals surface area contributed by atoms with Crippen molar-refractivity contribution >= 4 is 35.7 Å². The number of hydrogen-bond acceptors (Lipinski definition) is 5. The third-order valence-electron chi connectivity index (χ3n) is 4.37. The van der Waals surface area contributed by atoms with Gasteiger partial charge in [0.05, 0.1) is 19.3 Å². The molecule has 150 valence electrons. The Kier molecular flexibility index (Phi) is 8.80. The molecule has 0 aromatic heterocycles. The molecule has 0 radical (unpaired) electrons. The lowest BCUT2D eigenvalue weighted by Crippen LogP contribution is -2.43. The van der Waals surface area contributed by atoms with Gasteiger partial charge in [-0.25, -0.2) is 4.79 Å². The van der Waals surface area contributed by atoms with E-state index >= 15 is 0 Å². The molecular formula is C18H27ClN4O4. The molecule has 3 rings (SSSR count). The molecule has 9 heteroatoms. The minimum Gasteiger partial charge on any atom is -0.378 e. The average molecular weight is 399 g/mol. The zero-order chi connectivity index (χ0) is 18.2. The molecule has 2 saturated heterocycles. The first-order valence-electron chi connectivity index (χ1n) is 9.06. The summed E-state index contributed by atoms with van der Waals surface area (Å²) < 4.78 is 10.8. The summed E-state index contributed by atoms with van der Waals surface area (Å²) >= 11 is 0. The maximum Gasteiger partial charge on any atom is 0.319 e. The second-order valence-electron chi connectivity index (χ2n) is 6.53. The number of morpholine rings is 1. The summed E-state index contributed by atoms with van der Waals surface area (Å²) in [5, 5.41) is 11.7. The number of urea groups is 1. The standard InChI is InChI=1S/C18H26N4O4.ClH/c23-17(10-15-12-25-9-7-19-15)21-13-3-5-14(6-4-13)22-18(24)20-11-16-2-1-8-26-16;/h3-6,15-16,19H,1-2,7-12H2,(H,21,23)(H2,20,22,24);1H. The molecule has 1 aromatic rings. The van der Waals surface area contributed by atoms with Gasteiger partial charge < -0.3 is 30.7 Å². The Morgan fingerprint density at radius 1 is 1.11 bits per heavy atom. The summed E-state index contributed by atoms with van der Waals surface area (Å²) in [4.78, 5) is 23.9. The Bertz CT molecular complexity index is 602. The predicted molar refractivity (Wildman–Crippen MR) is 106 cm³/mol. The molecular weight excluding hydrogens is 372 g/mol. The number of hydrogen-bond donors (Lipinski definition) is 4. The second kappa shape index (κ2) is 11.1. The lowest BCUT2D eigenvalue weighted by atomic mass is 10.2. The van der Waals surface area contributed by atoms with Crippen LogP contribution in [0.15, 0.2) is 24.3 Å². The highest BCUT2D eigenvalue weighted by Crippen LogP contribution is 2.15. The Balaban J connectivity index is 0.00000261. The number of amides is 3. The van der Waals surface area contributed by atoms with Crippen LogP contribution >= 0.6 is 12.4 Å². The average Bonchev–Trinajstić information content (AvgIpc) is 3.16. The smallest absolute Gasteiger partial charge is 0.319 e. The topological polar surface area (TPSA) is 101 Å². The maximum atomic E-state index is 12.1. The quantitative estimate of drug-likeness (QED) is 0.584. The van der Waals surface area contributed by atoms with Crippen LogP contribution in [0.25, 0.3) is 0 Å². The van der Waals surface area contributed by atoms with Crippen LogP contribution in [0.5, 0.6) is 0 Å². The SMILES string of the molecule is Cl.O=C(CC1COCCN1)Nc1ccc(NC(=O)NCC2CCCO2)cc1. The van der Waals surface area contributed by atoms with Gasteiger partial charge in [0.1, 0.15) is 0 Å². The van der Waals surface area contributed by atoms with Crippen LogP contribution in [0, 0.1) is 0 Å². The first-order valence-corrected chi connectivity index (χ1v) is 9.06. The van der Waals surface area contributed by atoms with Gasteiger partial charge in [0, 0.05) is 43.5 Å². The van der Waals surface area contributed by atoms with Crippen LogP contribution < -0.4 is 21.3 Å². The number of benzene rings is 1. The molecule has 0 spiro atoms. The Hall–Kier alpha value is -1.87. The highest BCUT2D eigenvalue weighted by atomic mass is 35.5. The first kappa shape index (κ1) is 21.4. The van der Waals surface area contributed by atoms with E-state index in [0.29, 0.717) is 37.6 Å². The van der Waals surface area contributed by atoms with Gasteiger partial charge in [-0.1, -0.05) is 0 Å². The molecule has 2 fully saturated rings. The normalized spacial score (nSPS) is 21.8. The first-order chi connectivity index (χ1) is 12.7. The summed E-state index contributed by atoms with van der Waals surface area (Å²) in [5.74, 6) is -0.0667. The van der Waals surface area contributed by atoms with E-state index in [1.165, 1.54) is 0 Å². The number of carbonyl (C=O) groups excluding carboxylic acids is 2. The lowest BCUT2D eigenvalue weighted by molar-refractivity contribution is -0.117. The Morgan fingerprint density at radius 3 is 2.48 bits per heavy atom. The second-order valence-corrected chi connectivity index (χ2v) is 6.53. The lowest BCUT2D eigenvalue weighted by Gasteiger charge is -2.23. The number of halogens is 1. The zero-order valence-corrected chi connectivity index (χ0v) is 16.0. The Labute approximate surface area is 165 Å². The van der Waals surface area contributed by atoms with Crippen LogP contribution in [0.2, 0.25) is 0 Å². The van der Waals surface area contributed by atoms with Crippen molar-refractivity contribution in [3.8, 4) is 0 Å². The van der Waals surface area contributed by atoms with Gasteiger partial charge in [0.25, 0.3) is 0 Å². The van der Waals surface area contributed by atoms with Crippen molar-refractivity contribution in [3.05, 3.63) is 24.3 Å². The van der Waals surface area contributed by atoms with Crippen molar-refractivity contribution in [2.75, 3.05) is 43.5 Å². The predicted octanol–water partition coefficient (Wildman–Crippen LogP) is 1.73. The molecule has 0 saturated carbocycles. The molecule has 1 aromatic carbocycles. The molecule has 2 atom stereocenters. The molecule has 0 bridgehead atoms. The molecule has 2 aliphatic rings. The zero-order valence-electron chi connectivity index (χ0n) is 15.2. The number of anilines is 2. The fourth-order valence-electron chi connectivity index (χ4n) is 3.01. The van der Waals surface area contributed by atoms with E-state index in [4.69, 9.17) is 9.47 Å². The van der Waals surface area contributed by atoms with Gasteiger partial charge in [-0.05, 0) is 37.1 Å². The van der Waals surface area contributed by atoms with E-state index in [0.717, 1.165) is 26.0 Å². The van der Waals surface area contributed by atoms with Crippen LogP contribution in [-0.2, 0) is 14.3 Å². The number of ether oxygens (including phenoxy) is 2. The molecule has 4 N–H and O–H groups in total. The van der Waals surface area contributed by atoms with E-state index in [1.54, 1.807) is 24.3 Å². The number of nitrogens with one attached hydrogen (secondary N) is 4. The van der Waals surface area contributed by atoms with E-state index in [2.05, 4.69) is 21.3 Å². The van der Waals surface area contributed by atoms with Crippen molar-refractivity contribution in [1.29, 1.82) is 0 Å². The van der Waals surface area contributed by atoms with Crippen LogP contribution in [-0.4, -0.2) is 57.0 Å². The minimum atomic E-state index is -0.263. The third-order valence-corrected chi connectivity index (χ3v) is 4.37. The van der Waals surface area contributed by atoms with Crippen LogP contribution in [0.1, 0.15) is 19.3 Å². The molecule has 8 nitrogen and oxygen atoms in total.